The Bertz CT molecular complexity index is 519. The minimum Gasteiger partial charge on any atom is -0.317 e. The second-order valence-corrected chi connectivity index (χ2v) is 5.27. The van der Waals surface area contributed by atoms with E-state index >= 15 is 0 Å². The number of nitrogens with zero attached hydrogens (tertiary/aromatic N) is 1. The van der Waals surface area contributed by atoms with E-state index in [4.69, 9.17) is 0 Å². The molecule has 1 aromatic rings. The molecule has 0 radical (unpaired) electrons. The van der Waals surface area contributed by atoms with Crippen molar-refractivity contribution in [3.8, 4) is 0 Å². The summed E-state index contributed by atoms with van der Waals surface area (Å²) in [4.78, 5) is 11.4. The monoisotopic (exact) mass is 288 g/mol. The number of aromatic nitrogens is 2. The van der Waals surface area contributed by atoms with Crippen LogP contribution in [0.3, 0.4) is 0 Å². The number of hydrogen-bond acceptors (Lipinski definition) is 3. The number of halogens is 3. The highest BCUT2D eigenvalue weighted by Gasteiger charge is 2.48. The van der Waals surface area contributed by atoms with Crippen molar-refractivity contribution in [1.82, 2.24) is 15.5 Å². The van der Waals surface area contributed by atoms with Crippen molar-refractivity contribution in [2.45, 2.75) is 37.3 Å². The van der Waals surface area contributed by atoms with Gasteiger partial charge in [0.2, 0.25) is 5.91 Å². The maximum Gasteiger partial charge on any atom is 0.396 e. The molecule has 1 fully saturated rings. The summed E-state index contributed by atoms with van der Waals surface area (Å²) in [5.41, 5.74) is 0.591. The van der Waals surface area contributed by atoms with Crippen LogP contribution in [0.15, 0.2) is 0 Å². The first-order chi connectivity index (χ1) is 9.47. The Morgan fingerprint density at radius 1 is 1.20 bits per heavy atom. The molecule has 1 unspecified atom stereocenters. The van der Waals surface area contributed by atoms with E-state index < -0.39 is 24.4 Å². The quantitative estimate of drug-likeness (QED) is 0.739. The Kier molecular flexibility index (Phi) is 3.19. The Morgan fingerprint density at radius 2 is 1.90 bits per heavy atom. The summed E-state index contributed by atoms with van der Waals surface area (Å²) in [6.07, 6.45) is -3.47. The average molecular weight is 288 g/mol. The lowest BCUT2D eigenvalue weighted by Crippen LogP contribution is -2.33. The van der Waals surface area contributed by atoms with Crippen molar-refractivity contribution in [1.29, 1.82) is 0 Å². The second-order valence-electron chi connectivity index (χ2n) is 5.27. The second kappa shape index (κ2) is 4.76. The van der Waals surface area contributed by atoms with Crippen LogP contribution in [0.5, 0.6) is 0 Å². The molecule has 1 aromatic heterocycles. The summed E-state index contributed by atoms with van der Waals surface area (Å²) >= 11 is 0. The smallest absolute Gasteiger partial charge is 0.317 e. The predicted molar refractivity (Wildman–Crippen MR) is 65.5 cm³/mol. The van der Waals surface area contributed by atoms with Crippen LogP contribution in [0, 0.1) is 0 Å². The normalized spacial score (nSPS) is 24.4. The van der Waals surface area contributed by atoms with E-state index in [9.17, 15) is 18.0 Å². The van der Waals surface area contributed by atoms with Crippen molar-refractivity contribution in [2.24, 2.45) is 0 Å². The van der Waals surface area contributed by atoms with Gasteiger partial charge in [-0.25, -0.2) is 0 Å². The van der Waals surface area contributed by atoms with E-state index in [1.807, 2.05) is 0 Å². The van der Waals surface area contributed by atoms with Crippen molar-refractivity contribution in [3.05, 3.63) is 11.3 Å². The molecule has 1 amide bonds. The first-order valence-corrected chi connectivity index (χ1v) is 6.62. The van der Waals surface area contributed by atoms with Crippen molar-refractivity contribution >= 4 is 11.7 Å². The number of carbonyl (C=O) groups is 1. The molecule has 110 valence electrons. The van der Waals surface area contributed by atoms with E-state index in [-0.39, 0.29) is 17.3 Å². The molecule has 3 rings (SSSR count). The fraction of sp³-hybridized carbons (Fsp3) is 0.667. The number of H-pyrrole nitrogens is 1. The van der Waals surface area contributed by atoms with Gasteiger partial charge < -0.3 is 10.6 Å². The highest BCUT2D eigenvalue weighted by molar-refractivity contribution is 5.94. The van der Waals surface area contributed by atoms with Gasteiger partial charge in [-0.05, 0) is 25.9 Å². The number of hydrogen-bond donors (Lipinski definition) is 3. The van der Waals surface area contributed by atoms with Crippen LogP contribution in [-0.2, 0) is 4.79 Å². The maximum absolute atomic E-state index is 13.2. The van der Waals surface area contributed by atoms with Gasteiger partial charge in [0, 0.05) is 17.9 Å². The van der Waals surface area contributed by atoms with E-state index in [0.717, 1.165) is 25.9 Å². The third-order valence-corrected chi connectivity index (χ3v) is 3.96. The maximum atomic E-state index is 13.2. The number of rotatable bonds is 1. The van der Waals surface area contributed by atoms with Crippen molar-refractivity contribution in [3.63, 3.8) is 0 Å². The number of aromatic amines is 1. The minimum absolute atomic E-state index is 0.0103. The summed E-state index contributed by atoms with van der Waals surface area (Å²) in [5.74, 6) is -2.26. The van der Waals surface area contributed by atoms with Crippen LogP contribution in [-0.4, -0.2) is 35.4 Å². The number of nitrogens with one attached hydrogen (secondary N) is 3. The van der Waals surface area contributed by atoms with Crippen molar-refractivity contribution < 1.29 is 18.0 Å². The summed E-state index contributed by atoms with van der Waals surface area (Å²) in [7, 11) is 0. The molecule has 0 aliphatic carbocycles. The predicted octanol–water partition coefficient (Wildman–Crippen LogP) is 1.86. The molecule has 0 aromatic carbocycles. The Labute approximate surface area is 113 Å². The van der Waals surface area contributed by atoms with Crippen LogP contribution in [0.2, 0.25) is 0 Å². The van der Waals surface area contributed by atoms with Gasteiger partial charge in [-0.2, -0.15) is 18.3 Å². The largest absolute Gasteiger partial charge is 0.396 e. The van der Waals surface area contributed by atoms with E-state index in [1.54, 1.807) is 0 Å². The molecule has 3 N–H and O–H groups in total. The summed E-state index contributed by atoms with van der Waals surface area (Å²) in [5, 5.41) is 12.2. The van der Waals surface area contributed by atoms with Gasteiger partial charge in [0.25, 0.3) is 0 Å². The van der Waals surface area contributed by atoms with Gasteiger partial charge in [-0.1, -0.05) is 0 Å². The molecule has 3 heterocycles. The number of alkyl halides is 3. The SMILES string of the molecule is O=C1CC(C(F)(F)F)c2c(C3CCNCC3)n[nH]c2N1. The summed E-state index contributed by atoms with van der Waals surface area (Å²) in [6, 6.07) is 0. The van der Waals surface area contributed by atoms with Crippen LogP contribution in [0.4, 0.5) is 19.0 Å². The molecule has 20 heavy (non-hydrogen) atoms. The standard InChI is InChI=1S/C12H15F3N4O/c13-12(14,15)7-5-8(20)17-11-9(7)10(18-19-11)6-1-3-16-4-2-6/h6-7,16H,1-5H2,(H2,17,18,19,20). The molecular weight excluding hydrogens is 273 g/mol. The number of fused-ring (bicyclic) bond motifs is 1. The average Bonchev–Trinajstić information content (AvgIpc) is 2.81. The summed E-state index contributed by atoms with van der Waals surface area (Å²) < 4.78 is 39.6. The lowest BCUT2D eigenvalue weighted by Gasteiger charge is -2.28. The van der Waals surface area contributed by atoms with Gasteiger partial charge in [0.05, 0.1) is 11.6 Å². The molecule has 1 saturated heterocycles. The van der Waals surface area contributed by atoms with E-state index in [0.29, 0.717) is 5.69 Å². The zero-order chi connectivity index (χ0) is 14.3. The Balaban J connectivity index is 2.00. The van der Waals surface area contributed by atoms with Crippen LogP contribution in [0.1, 0.15) is 42.4 Å². The first kappa shape index (κ1) is 13.4. The molecule has 5 nitrogen and oxygen atoms in total. The van der Waals surface area contributed by atoms with Gasteiger partial charge in [-0.15, -0.1) is 0 Å². The zero-order valence-electron chi connectivity index (χ0n) is 10.7. The third-order valence-electron chi connectivity index (χ3n) is 3.96. The van der Waals surface area contributed by atoms with Crippen LogP contribution < -0.4 is 10.6 Å². The van der Waals surface area contributed by atoms with Gasteiger partial charge in [-0.3, -0.25) is 9.89 Å². The van der Waals surface area contributed by atoms with Crippen molar-refractivity contribution in [2.75, 3.05) is 18.4 Å². The molecule has 1 atom stereocenters. The molecule has 0 bridgehead atoms. The first-order valence-electron chi connectivity index (χ1n) is 6.62. The fourth-order valence-corrected chi connectivity index (χ4v) is 2.98. The highest BCUT2D eigenvalue weighted by Crippen LogP contribution is 2.46. The molecule has 8 heteroatoms. The zero-order valence-corrected chi connectivity index (χ0v) is 10.7. The Morgan fingerprint density at radius 3 is 2.55 bits per heavy atom. The number of amides is 1. The Hall–Kier alpha value is -1.57. The van der Waals surface area contributed by atoms with Gasteiger partial charge >= 0.3 is 6.18 Å². The van der Waals surface area contributed by atoms with Crippen LogP contribution in [0.25, 0.3) is 0 Å². The fourth-order valence-electron chi connectivity index (χ4n) is 2.98. The minimum atomic E-state index is -4.43. The van der Waals surface area contributed by atoms with E-state index in [1.165, 1.54) is 0 Å². The third kappa shape index (κ3) is 2.28. The lowest BCUT2D eigenvalue weighted by molar-refractivity contribution is -0.156. The topological polar surface area (TPSA) is 69.8 Å². The lowest BCUT2D eigenvalue weighted by atomic mass is 9.84. The summed E-state index contributed by atoms with van der Waals surface area (Å²) in [6.45, 7) is 1.55. The van der Waals surface area contributed by atoms with Gasteiger partial charge in [0.15, 0.2) is 0 Å². The molecule has 0 saturated carbocycles. The number of carbonyl (C=O) groups excluding carboxylic acids is 1. The molecule has 2 aliphatic rings. The van der Waals surface area contributed by atoms with Gasteiger partial charge in [0.1, 0.15) is 5.82 Å². The van der Waals surface area contributed by atoms with Crippen LogP contribution >= 0.6 is 0 Å². The molecule has 2 aliphatic heterocycles. The number of anilines is 1. The highest BCUT2D eigenvalue weighted by atomic mass is 19.4. The number of piperidine rings is 1. The van der Waals surface area contributed by atoms with E-state index in [2.05, 4.69) is 20.8 Å². The molecular formula is C12H15F3N4O. The molecule has 0 spiro atoms.